The third kappa shape index (κ3) is 2.64. The molecule has 1 fully saturated rings. The lowest BCUT2D eigenvalue weighted by Gasteiger charge is -2.36. The molecule has 1 saturated carbocycles. The Hall–Kier alpha value is -1.59. The molecule has 1 heterocycles. The predicted molar refractivity (Wildman–Crippen MR) is 122 cm³/mol. The lowest BCUT2D eigenvalue weighted by Crippen LogP contribution is -2.46. The summed E-state index contributed by atoms with van der Waals surface area (Å²) in [5.41, 5.74) is 2.38. The van der Waals surface area contributed by atoms with Crippen LogP contribution >= 0.6 is 46.4 Å². The first-order chi connectivity index (χ1) is 14.1. The standard InChI is InChI=1S/C22H17Cl4N3O/c1-21(2)11-5-6-22(21,20(30)27-10-3-4-12(23)13(24)7-10)19-18(11)28-16-8-14(25)15(26)9-17(16)29-19/h3-4,7-9,11H,5-6H2,1-2H3,(H,27,30). The largest absolute Gasteiger partial charge is 0.325 e. The minimum absolute atomic E-state index is 0.110. The number of anilines is 1. The first kappa shape index (κ1) is 20.3. The van der Waals surface area contributed by atoms with Crippen molar-refractivity contribution < 1.29 is 4.79 Å². The summed E-state index contributed by atoms with van der Waals surface area (Å²) in [6, 6.07) is 8.50. The zero-order valence-electron chi connectivity index (χ0n) is 16.2. The van der Waals surface area contributed by atoms with Gasteiger partial charge in [0.25, 0.3) is 0 Å². The SMILES string of the molecule is CC1(C)C2CCC1(C(=O)Nc1ccc(Cl)c(Cl)c1)c1nc3cc(Cl)c(Cl)cc3nc12. The van der Waals surface area contributed by atoms with Gasteiger partial charge in [-0.3, -0.25) is 4.79 Å². The van der Waals surface area contributed by atoms with Crippen LogP contribution in [-0.4, -0.2) is 15.9 Å². The summed E-state index contributed by atoms with van der Waals surface area (Å²) in [7, 11) is 0. The zero-order valence-corrected chi connectivity index (χ0v) is 19.2. The molecule has 2 atom stereocenters. The number of benzene rings is 2. The molecule has 1 amide bonds. The Kier molecular flexibility index (Phi) is 4.54. The van der Waals surface area contributed by atoms with E-state index in [1.807, 2.05) is 0 Å². The van der Waals surface area contributed by atoms with E-state index in [0.717, 1.165) is 17.8 Å². The second-order valence-electron chi connectivity index (χ2n) is 8.51. The topological polar surface area (TPSA) is 54.9 Å². The molecule has 2 unspecified atom stereocenters. The van der Waals surface area contributed by atoms with Gasteiger partial charge in [0, 0.05) is 11.6 Å². The van der Waals surface area contributed by atoms with Crippen LogP contribution in [0.4, 0.5) is 5.69 Å². The number of carbonyl (C=O) groups excluding carboxylic acids is 1. The summed E-state index contributed by atoms with van der Waals surface area (Å²) in [6.45, 7) is 4.24. The van der Waals surface area contributed by atoms with Gasteiger partial charge in [-0.1, -0.05) is 60.3 Å². The maximum absolute atomic E-state index is 13.7. The van der Waals surface area contributed by atoms with Crippen molar-refractivity contribution in [2.75, 3.05) is 5.32 Å². The fourth-order valence-corrected chi connectivity index (χ4v) is 5.81. The molecular weight excluding hydrogens is 464 g/mol. The van der Waals surface area contributed by atoms with E-state index in [-0.39, 0.29) is 17.2 Å². The van der Waals surface area contributed by atoms with Gasteiger partial charge < -0.3 is 5.32 Å². The molecule has 1 N–H and O–H groups in total. The van der Waals surface area contributed by atoms with Crippen LogP contribution in [-0.2, 0) is 10.2 Å². The Morgan fingerprint density at radius 1 is 0.967 bits per heavy atom. The molecule has 8 heteroatoms. The number of carbonyl (C=O) groups is 1. The monoisotopic (exact) mass is 479 g/mol. The van der Waals surface area contributed by atoms with Crippen molar-refractivity contribution >= 4 is 69.0 Å². The molecule has 3 aromatic rings. The lowest BCUT2D eigenvalue weighted by atomic mass is 9.67. The molecular formula is C22H17Cl4N3O. The minimum atomic E-state index is -0.799. The Bertz CT molecular complexity index is 1240. The van der Waals surface area contributed by atoms with Crippen LogP contribution in [0.3, 0.4) is 0 Å². The average Bonchev–Trinajstić information content (AvgIpc) is 3.06. The van der Waals surface area contributed by atoms with Gasteiger partial charge in [-0.25, -0.2) is 9.97 Å². The van der Waals surface area contributed by atoms with Crippen LogP contribution in [0.5, 0.6) is 0 Å². The van der Waals surface area contributed by atoms with Crippen LogP contribution < -0.4 is 5.32 Å². The van der Waals surface area contributed by atoms with Crippen molar-refractivity contribution in [3.63, 3.8) is 0 Å². The van der Waals surface area contributed by atoms with E-state index in [4.69, 9.17) is 56.4 Å². The summed E-state index contributed by atoms with van der Waals surface area (Å²) in [4.78, 5) is 23.5. The predicted octanol–water partition coefficient (Wildman–Crippen LogP) is 7.04. The smallest absolute Gasteiger partial charge is 0.237 e. The van der Waals surface area contributed by atoms with Crippen molar-refractivity contribution in [2.45, 2.75) is 38.0 Å². The Morgan fingerprint density at radius 3 is 2.27 bits per heavy atom. The number of halogens is 4. The van der Waals surface area contributed by atoms with Crippen molar-refractivity contribution in [3.05, 3.63) is 61.8 Å². The number of hydrogen-bond donors (Lipinski definition) is 1. The fraction of sp³-hybridized carbons (Fsp3) is 0.318. The van der Waals surface area contributed by atoms with Gasteiger partial charge in [0.05, 0.1) is 47.9 Å². The molecule has 0 aliphatic heterocycles. The van der Waals surface area contributed by atoms with Gasteiger partial charge in [-0.15, -0.1) is 0 Å². The number of amides is 1. The van der Waals surface area contributed by atoms with Crippen LogP contribution in [0.25, 0.3) is 11.0 Å². The van der Waals surface area contributed by atoms with E-state index in [9.17, 15) is 4.79 Å². The minimum Gasteiger partial charge on any atom is -0.325 e. The molecule has 2 aromatic carbocycles. The average molecular weight is 481 g/mol. The molecule has 5 rings (SSSR count). The summed E-state index contributed by atoms with van der Waals surface area (Å²) in [5.74, 6) is 0.0271. The van der Waals surface area contributed by atoms with Crippen LogP contribution in [0.2, 0.25) is 20.1 Å². The van der Waals surface area contributed by atoms with E-state index < -0.39 is 5.41 Å². The highest BCUT2D eigenvalue weighted by atomic mass is 35.5. The molecule has 0 radical (unpaired) electrons. The third-order valence-electron chi connectivity index (χ3n) is 6.81. The van der Waals surface area contributed by atoms with Crippen molar-refractivity contribution in [3.8, 4) is 0 Å². The van der Waals surface area contributed by atoms with E-state index in [0.29, 0.717) is 43.2 Å². The van der Waals surface area contributed by atoms with E-state index >= 15 is 0 Å². The zero-order chi connectivity index (χ0) is 21.4. The Balaban J connectivity index is 1.65. The van der Waals surface area contributed by atoms with Crippen molar-refractivity contribution in [2.24, 2.45) is 5.41 Å². The highest BCUT2D eigenvalue weighted by Gasteiger charge is 2.67. The first-order valence-electron chi connectivity index (χ1n) is 9.59. The van der Waals surface area contributed by atoms with E-state index in [1.54, 1.807) is 30.3 Å². The van der Waals surface area contributed by atoms with Crippen molar-refractivity contribution in [1.82, 2.24) is 9.97 Å². The number of nitrogens with zero attached hydrogens (tertiary/aromatic N) is 2. The maximum Gasteiger partial charge on any atom is 0.237 e. The molecule has 0 saturated heterocycles. The van der Waals surface area contributed by atoms with Crippen LogP contribution in [0.1, 0.15) is 44.0 Å². The summed E-state index contributed by atoms with van der Waals surface area (Å²) >= 11 is 24.5. The summed E-state index contributed by atoms with van der Waals surface area (Å²) in [6.07, 6.45) is 1.57. The second kappa shape index (κ2) is 6.70. The van der Waals surface area contributed by atoms with Gasteiger partial charge in [-0.05, 0) is 48.6 Å². The van der Waals surface area contributed by atoms with Gasteiger partial charge in [-0.2, -0.15) is 0 Å². The molecule has 0 spiro atoms. The van der Waals surface area contributed by atoms with Crippen LogP contribution in [0, 0.1) is 5.41 Å². The first-order valence-corrected chi connectivity index (χ1v) is 11.1. The van der Waals surface area contributed by atoms with Gasteiger partial charge in [0.2, 0.25) is 5.91 Å². The molecule has 1 aromatic heterocycles. The van der Waals surface area contributed by atoms with Gasteiger partial charge in [0.15, 0.2) is 0 Å². The lowest BCUT2D eigenvalue weighted by molar-refractivity contribution is -0.124. The second-order valence-corrected chi connectivity index (χ2v) is 10.1. The molecule has 2 bridgehead atoms. The Morgan fingerprint density at radius 2 is 1.60 bits per heavy atom. The molecule has 2 aliphatic carbocycles. The number of fused-ring (bicyclic) bond motifs is 6. The number of nitrogens with one attached hydrogen (secondary N) is 1. The van der Waals surface area contributed by atoms with Crippen molar-refractivity contribution in [1.29, 1.82) is 0 Å². The molecule has 2 aliphatic rings. The summed E-state index contributed by atoms with van der Waals surface area (Å²) in [5, 5.41) is 4.72. The number of aromatic nitrogens is 2. The van der Waals surface area contributed by atoms with Gasteiger partial charge in [0.1, 0.15) is 0 Å². The molecule has 4 nitrogen and oxygen atoms in total. The quantitative estimate of drug-likeness (QED) is 0.428. The maximum atomic E-state index is 13.7. The van der Waals surface area contributed by atoms with Gasteiger partial charge >= 0.3 is 0 Å². The molecule has 154 valence electrons. The highest BCUT2D eigenvalue weighted by Crippen LogP contribution is 2.67. The van der Waals surface area contributed by atoms with E-state index in [1.165, 1.54) is 0 Å². The fourth-order valence-electron chi connectivity index (χ4n) is 5.19. The Labute approximate surface area is 193 Å². The normalized spacial score (nSPS) is 23.6. The highest BCUT2D eigenvalue weighted by molar-refractivity contribution is 6.43. The number of rotatable bonds is 2. The number of hydrogen-bond acceptors (Lipinski definition) is 3. The van der Waals surface area contributed by atoms with E-state index in [2.05, 4.69) is 19.2 Å². The molecule has 30 heavy (non-hydrogen) atoms. The third-order valence-corrected chi connectivity index (χ3v) is 8.27. The van der Waals surface area contributed by atoms with Crippen LogP contribution in [0.15, 0.2) is 30.3 Å². The summed E-state index contributed by atoms with van der Waals surface area (Å²) < 4.78 is 0.